The van der Waals surface area contributed by atoms with Crippen molar-refractivity contribution < 1.29 is 13.2 Å². The van der Waals surface area contributed by atoms with Crippen LogP contribution < -0.4 is 15.2 Å². The average molecular weight is 314 g/mol. The van der Waals surface area contributed by atoms with Gasteiger partial charge >= 0.3 is 0 Å². The average Bonchev–Trinajstić information content (AvgIpc) is 2.40. The van der Waals surface area contributed by atoms with Gasteiger partial charge in [0.15, 0.2) is 5.15 Å². The number of halogens is 1. The Morgan fingerprint density at radius 3 is 2.70 bits per heavy atom. The number of methoxy groups -OCH3 is 1. The third-order valence-electron chi connectivity index (χ3n) is 2.51. The minimum Gasteiger partial charge on any atom is -0.497 e. The van der Waals surface area contributed by atoms with Gasteiger partial charge in [-0.2, -0.15) is 0 Å². The Bertz CT molecular complexity index is 734. The van der Waals surface area contributed by atoms with Crippen LogP contribution >= 0.6 is 11.6 Å². The van der Waals surface area contributed by atoms with Crippen molar-refractivity contribution in [1.82, 2.24) is 4.98 Å². The lowest BCUT2D eigenvalue weighted by Gasteiger charge is -2.11. The zero-order chi connectivity index (χ0) is 14.8. The number of nitrogen functional groups attached to an aromatic ring is 1. The van der Waals surface area contributed by atoms with Gasteiger partial charge in [0.2, 0.25) is 0 Å². The molecule has 2 rings (SSSR count). The lowest BCUT2D eigenvalue weighted by Crippen LogP contribution is -2.15. The number of hydrogen-bond donors (Lipinski definition) is 2. The van der Waals surface area contributed by atoms with Gasteiger partial charge in [-0.05, 0) is 24.3 Å². The maximum atomic E-state index is 12.3. The van der Waals surface area contributed by atoms with Gasteiger partial charge in [0.25, 0.3) is 10.0 Å². The molecule has 0 fully saturated rings. The second-order valence-corrected chi connectivity index (χ2v) is 5.86. The molecule has 0 aliphatic rings. The molecule has 1 heterocycles. The van der Waals surface area contributed by atoms with E-state index in [9.17, 15) is 8.42 Å². The molecule has 6 nitrogen and oxygen atoms in total. The molecule has 1 aromatic carbocycles. The van der Waals surface area contributed by atoms with Gasteiger partial charge in [-0.15, -0.1) is 0 Å². The molecule has 0 aliphatic carbocycles. The Hall–Kier alpha value is -1.99. The summed E-state index contributed by atoms with van der Waals surface area (Å²) in [6.45, 7) is 0. The first-order valence-electron chi connectivity index (χ1n) is 5.51. The van der Waals surface area contributed by atoms with Crippen LogP contribution in [0.3, 0.4) is 0 Å². The number of nitrogens with zero attached hydrogens (tertiary/aromatic N) is 1. The molecule has 0 bridgehead atoms. The number of benzene rings is 1. The Kier molecular flexibility index (Phi) is 4.01. The van der Waals surface area contributed by atoms with Crippen LogP contribution in [0.1, 0.15) is 0 Å². The Labute approximate surface area is 121 Å². The van der Waals surface area contributed by atoms with Crippen molar-refractivity contribution in [3.63, 3.8) is 0 Å². The van der Waals surface area contributed by atoms with Crippen molar-refractivity contribution in [2.24, 2.45) is 0 Å². The molecule has 0 radical (unpaired) electrons. The lowest BCUT2D eigenvalue weighted by molar-refractivity contribution is 0.414. The second-order valence-electron chi connectivity index (χ2n) is 3.85. The highest BCUT2D eigenvalue weighted by atomic mass is 35.5. The highest BCUT2D eigenvalue weighted by Gasteiger charge is 2.19. The van der Waals surface area contributed by atoms with E-state index in [0.29, 0.717) is 5.75 Å². The smallest absolute Gasteiger partial charge is 0.264 e. The normalized spacial score (nSPS) is 11.1. The van der Waals surface area contributed by atoms with Crippen LogP contribution in [0.25, 0.3) is 0 Å². The monoisotopic (exact) mass is 313 g/mol. The van der Waals surface area contributed by atoms with Crippen LogP contribution in [0.15, 0.2) is 41.4 Å². The molecular weight excluding hydrogens is 302 g/mol. The zero-order valence-corrected chi connectivity index (χ0v) is 12.1. The molecule has 2 aromatic rings. The third kappa shape index (κ3) is 2.94. The van der Waals surface area contributed by atoms with Crippen molar-refractivity contribution in [3.05, 3.63) is 41.7 Å². The number of nitrogens with one attached hydrogen (secondary N) is 1. The summed E-state index contributed by atoms with van der Waals surface area (Å²) in [4.78, 5) is 3.74. The van der Waals surface area contributed by atoms with Crippen LogP contribution in [0.2, 0.25) is 5.15 Å². The summed E-state index contributed by atoms with van der Waals surface area (Å²) in [6.07, 6.45) is 1.46. The van der Waals surface area contributed by atoms with E-state index in [-0.39, 0.29) is 21.4 Å². The standard InChI is InChI=1S/C12H12ClN3O3S/c1-19-8-4-5-11(9(14)7-8)20(17,18)16-10-3-2-6-15-12(10)13/h2-7,16H,14H2,1H3. The number of pyridine rings is 1. The summed E-state index contributed by atoms with van der Waals surface area (Å²) < 4.78 is 31.8. The van der Waals surface area contributed by atoms with E-state index in [1.165, 1.54) is 37.6 Å². The number of rotatable bonds is 4. The SMILES string of the molecule is COc1ccc(S(=O)(=O)Nc2cccnc2Cl)c(N)c1. The van der Waals surface area contributed by atoms with Crippen molar-refractivity contribution >= 4 is 33.0 Å². The minimum atomic E-state index is -3.85. The van der Waals surface area contributed by atoms with Gasteiger partial charge in [0, 0.05) is 12.3 Å². The summed E-state index contributed by atoms with van der Waals surface area (Å²) >= 11 is 5.82. The topological polar surface area (TPSA) is 94.3 Å². The summed E-state index contributed by atoms with van der Waals surface area (Å²) in [5.74, 6) is 0.473. The van der Waals surface area contributed by atoms with Crippen LogP contribution in [0.5, 0.6) is 5.75 Å². The Balaban J connectivity index is 2.39. The molecule has 0 spiro atoms. The first kappa shape index (κ1) is 14.4. The molecule has 20 heavy (non-hydrogen) atoms. The van der Waals surface area contributed by atoms with Crippen LogP contribution in [-0.4, -0.2) is 20.5 Å². The van der Waals surface area contributed by atoms with Crippen molar-refractivity contribution in [2.75, 3.05) is 17.6 Å². The lowest BCUT2D eigenvalue weighted by atomic mass is 10.3. The number of aromatic nitrogens is 1. The molecule has 0 unspecified atom stereocenters. The van der Waals surface area contributed by atoms with Gasteiger partial charge in [-0.25, -0.2) is 13.4 Å². The van der Waals surface area contributed by atoms with Crippen LogP contribution in [-0.2, 0) is 10.0 Å². The third-order valence-corrected chi connectivity index (χ3v) is 4.25. The van der Waals surface area contributed by atoms with E-state index in [2.05, 4.69) is 9.71 Å². The molecule has 0 saturated carbocycles. The quantitative estimate of drug-likeness (QED) is 0.666. The van der Waals surface area contributed by atoms with Gasteiger partial charge in [0.1, 0.15) is 10.6 Å². The van der Waals surface area contributed by atoms with E-state index in [1.54, 1.807) is 6.07 Å². The van der Waals surface area contributed by atoms with E-state index in [0.717, 1.165) is 0 Å². The van der Waals surface area contributed by atoms with E-state index in [4.69, 9.17) is 22.1 Å². The number of sulfonamides is 1. The minimum absolute atomic E-state index is 0.0572. The number of ether oxygens (including phenoxy) is 1. The fourth-order valence-corrected chi connectivity index (χ4v) is 2.96. The molecule has 8 heteroatoms. The molecule has 3 N–H and O–H groups in total. The maximum Gasteiger partial charge on any atom is 0.264 e. The fraction of sp³-hybridized carbons (Fsp3) is 0.0833. The highest BCUT2D eigenvalue weighted by Crippen LogP contribution is 2.27. The summed E-state index contributed by atoms with van der Waals surface area (Å²) in [6, 6.07) is 7.38. The second kappa shape index (κ2) is 5.56. The Morgan fingerprint density at radius 1 is 1.35 bits per heavy atom. The molecule has 106 valence electrons. The van der Waals surface area contributed by atoms with Gasteiger partial charge < -0.3 is 10.5 Å². The summed E-state index contributed by atoms with van der Waals surface area (Å²) in [5.41, 5.74) is 5.99. The molecule has 0 atom stereocenters. The number of nitrogens with two attached hydrogens (primary N) is 1. The van der Waals surface area contributed by atoms with Crippen molar-refractivity contribution in [1.29, 1.82) is 0 Å². The predicted molar refractivity (Wildman–Crippen MR) is 77.5 cm³/mol. The molecule has 0 saturated heterocycles. The van der Waals surface area contributed by atoms with Crippen LogP contribution in [0, 0.1) is 0 Å². The number of hydrogen-bond acceptors (Lipinski definition) is 5. The van der Waals surface area contributed by atoms with E-state index in [1.807, 2.05) is 0 Å². The Morgan fingerprint density at radius 2 is 2.10 bits per heavy atom. The van der Waals surface area contributed by atoms with Gasteiger partial charge in [-0.3, -0.25) is 4.72 Å². The first-order valence-corrected chi connectivity index (χ1v) is 7.37. The number of anilines is 2. The highest BCUT2D eigenvalue weighted by molar-refractivity contribution is 7.92. The summed E-state index contributed by atoms with van der Waals surface area (Å²) in [5, 5.41) is 0.0585. The van der Waals surface area contributed by atoms with Crippen molar-refractivity contribution in [3.8, 4) is 5.75 Å². The van der Waals surface area contributed by atoms with Gasteiger partial charge in [0.05, 0.1) is 18.5 Å². The molecule has 0 amide bonds. The van der Waals surface area contributed by atoms with E-state index >= 15 is 0 Å². The molecule has 0 aliphatic heterocycles. The van der Waals surface area contributed by atoms with Crippen LogP contribution in [0.4, 0.5) is 11.4 Å². The molecule has 1 aromatic heterocycles. The largest absolute Gasteiger partial charge is 0.497 e. The predicted octanol–water partition coefficient (Wildman–Crippen LogP) is 2.13. The fourth-order valence-electron chi connectivity index (χ4n) is 1.56. The maximum absolute atomic E-state index is 12.3. The zero-order valence-electron chi connectivity index (χ0n) is 10.5. The first-order chi connectivity index (χ1) is 9.44. The summed E-state index contributed by atoms with van der Waals surface area (Å²) in [7, 11) is -2.38. The van der Waals surface area contributed by atoms with E-state index < -0.39 is 10.0 Å². The molecular formula is C12H12ClN3O3S. The van der Waals surface area contributed by atoms with Crippen molar-refractivity contribution in [2.45, 2.75) is 4.90 Å². The van der Waals surface area contributed by atoms with Gasteiger partial charge in [-0.1, -0.05) is 11.6 Å².